The van der Waals surface area contributed by atoms with Crippen LogP contribution in [0.4, 0.5) is 0 Å². The average Bonchev–Trinajstić information content (AvgIpc) is 0.744. The highest BCUT2D eigenvalue weighted by atomic mass is 14.3. The lowest BCUT2D eigenvalue weighted by atomic mass is 9.85. The Morgan fingerprint density at radius 1 is 0.130 bits per heavy atom. The summed E-state index contributed by atoms with van der Waals surface area (Å²) in [6.07, 6.45) is 0. The van der Waals surface area contributed by atoms with E-state index in [0.717, 1.165) is 49.4 Å². The molecular formula is C104H62N4. The van der Waals surface area contributed by atoms with Gasteiger partial charge in [0, 0.05) is 0 Å². The van der Waals surface area contributed by atoms with Crippen molar-refractivity contribution in [1.29, 1.82) is 21.0 Å². The Hall–Kier alpha value is -15.0. The summed E-state index contributed by atoms with van der Waals surface area (Å²) in [6.45, 7) is 0. The highest BCUT2D eigenvalue weighted by molar-refractivity contribution is 6.25. The summed E-state index contributed by atoms with van der Waals surface area (Å²) in [6, 6.07) is 141. The number of hydrogen-bond acceptors (Lipinski definition) is 4. The third kappa shape index (κ3) is 11.9. The summed E-state index contributed by atoms with van der Waals surface area (Å²) in [5, 5.41) is 61.1. The molecule has 20 rings (SSSR count). The molecule has 0 bridgehead atoms. The van der Waals surface area contributed by atoms with Crippen LogP contribution in [0.2, 0.25) is 0 Å². The van der Waals surface area contributed by atoms with Crippen LogP contribution in [0.3, 0.4) is 0 Å². The van der Waals surface area contributed by atoms with Crippen LogP contribution in [-0.2, 0) is 0 Å². The van der Waals surface area contributed by atoms with Crippen LogP contribution in [0.25, 0.3) is 186 Å². The number of rotatable bonds is 7. The maximum absolute atomic E-state index is 9.31. The van der Waals surface area contributed by atoms with Gasteiger partial charge in [0.1, 0.15) is 0 Å². The van der Waals surface area contributed by atoms with Crippen LogP contribution < -0.4 is 0 Å². The van der Waals surface area contributed by atoms with Crippen molar-refractivity contribution in [2.45, 2.75) is 0 Å². The number of fused-ring (bicyclic) bond motifs is 10. The zero-order valence-corrected chi connectivity index (χ0v) is 58.6. The van der Waals surface area contributed by atoms with Gasteiger partial charge in [-0.05, 0) is 258 Å². The maximum Gasteiger partial charge on any atom is 0.0991 e. The van der Waals surface area contributed by atoms with Gasteiger partial charge in [0.05, 0.1) is 46.5 Å². The molecule has 0 saturated heterocycles. The highest BCUT2D eigenvalue weighted by Gasteiger charge is 2.21. The first-order chi connectivity index (χ1) is 53.4. The molecule has 0 radical (unpaired) electrons. The maximum atomic E-state index is 9.31. The van der Waals surface area contributed by atoms with Gasteiger partial charge in [-0.1, -0.05) is 303 Å². The summed E-state index contributed by atoms with van der Waals surface area (Å²) in [7, 11) is 0. The lowest BCUT2D eigenvalue weighted by Crippen LogP contribution is -1.91. The topological polar surface area (TPSA) is 95.2 Å². The van der Waals surface area contributed by atoms with Gasteiger partial charge in [0.2, 0.25) is 0 Å². The molecule has 0 aliphatic rings. The van der Waals surface area contributed by atoms with Gasteiger partial charge in [0.15, 0.2) is 0 Å². The molecule has 0 aromatic heterocycles. The molecule has 498 valence electrons. The van der Waals surface area contributed by atoms with E-state index in [1.165, 1.54) is 136 Å². The molecule has 0 fully saturated rings. The predicted octanol–water partition coefficient (Wildman–Crippen LogP) is 27.7. The van der Waals surface area contributed by atoms with Crippen molar-refractivity contribution in [2.75, 3.05) is 0 Å². The van der Waals surface area contributed by atoms with Gasteiger partial charge in [-0.15, -0.1) is 0 Å². The van der Waals surface area contributed by atoms with Crippen LogP contribution in [0.5, 0.6) is 0 Å². The minimum absolute atomic E-state index is 0.671. The molecule has 0 unspecified atom stereocenters. The largest absolute Gasteiger partial charge is 0.192 e. The fourth-order valence-corrected chi connectivity index (χ4v) is 16.2. The van der Waals surface area contributed by atoms with Crippen molar-refractivity contribution >= 4 is 108 Å². The highest BCUT2D eigenvalue weighted by Crippen LogP contribution is 2.48. The van der Waals surface area contributed by atoms with E-state index in [0.29, 0.717) is 22.3 Å². The molecule has 4 heteroatoms. The number of nitrogens with zero attached hydrogens (tertiary/aromatic N) is 4. The molecule has 0 N–H and O–H groups in total. The molecule has 0 saturated carbocycles. The van der Waals surface area contributed by atoms with Gasteiger partial charge in [-0.2, -0.15) is 21.0 Å². The fourth-order valence-electron chi connectivity index (χ4n) is 16.2. The van der Waals surface area contributed by atoms with E-state index in [1.54, 1.807) is 0 Å². The first kappa shape index (κ1) is 65.0. The van der Waals surface area contributed by atoms with Crippen molar-refractivity contribution in [2.24, 2.45) is 0 Å². The molecule has 108 heavy (non-hydrogen) atoms. The van der Waals surface area contributed by atoms with Crippen molar-refractivity contribution in [3.63, 3.8) is 0 Å². The zero-order chi connectivity index (χ0) is 72.6. The number of nitriles is 4. The lowest BCUT2D eigenvalue weighted by molar-refractivity contribution is 1.48. The number of benzene rings is 20. The van der Waals surface area contributed by atoms with E-state index < -0.39 is 0 Å². The summed E-state index contributed by atoms with van der Waals surface area (Å²) in [5.41, 5.74) is 19.5. The Morgan fingerprint density at radius 2 is 0.296 bits per heavy atom. The lowest BCUT2D eigenvalue weighted by Gasteiger charge is -2.18. The standard InChI is InChI=1S/C37H23N.C36H20N2.C31H19N/c38-24-25-13-15-27(16-14-25)28-17-20-29(21-18-28)36-32-9-3-5-11-34(32)37(35-12-6-4-10-33(35)36)31-22-19-26-7-1-2-8-30(26)23-31;37-21-23-9-11-27-19-29(15-13-25(27)17-23)35-31-5-1-2-6-32(31)36(34-8-4-3-7-33(34)35)30-16-14-26-18-24(22-38)10-12-28(26)20-30;32-20-21-13-15-23(16-14-21)30-26-9-3-5-11-28(26)31(29-12-6-4-10-27(29)30)25-18-17-22-7-1-2-8-24(22)19-25/h1-23H;1-20H;1-19H. The predicted molar refractivity (Wildman–Crippen MR) is 451 cm³/mol. The summed E-state index contributed by atoms with van der Waals surface area (Å²) in [5.74, 6) is 0. The quantitative estimate of drug-likeness (QED) is 0.149. The minimum atomic E-state index is 0.671. The Balaban J connectivity index is 0.000000115. The van der Waals surface area contributed by atoms with Gasteiger partial charge in [0.25, 0.3) is 0 Å². The average molecular weight is 1370 g/mol. The third-order valence-electron chi connectivity index (χ3n) is 21.2. The SMILES string of the molecule is N#Cc1ccc(-c2c3ccccc3c(-c3ccc4ccccc4c3)c3ccccc23)cc1.N#Cc1ccc(-c2ccc(-c3c4ccccc4c(-c4ccc5ccccc5c4)c4ccccc34)cc2)cc1.N#Cc1ccc2cc(-c3c4ccccc4c(-c4ccc5cc(C#N)ccc5c4)c4ccccc34)ccc2c1. The summed E-state index contributed by atoms with van der Waals surface area (Å²) < 4.78 is 0. The van der Waals surface area contributed by atoms with E-state index >= 15 is 0 Å². The Morgan fingerprint density at radius 3 is 0.565 bits per heavy atom. The van der Waals surface area contributed by atoms with Crippen LogP contribution in [0.1, 0.15) is 22.3 Å². The van der Waals surface area contributed by atoms with Gasteiger partial charge in [-0.25, -0.2) is 0 Å². The van der Waals surface area contributed by atoms with Crippen LogP contribution in [0, 0.1) is 45.3 Å². The molecule has 0 heterocycles. The van der Waals surface area contributed by atoms with Crippen molar-refractivity contribution < 1.29 is 0 Å². The van der Waals surface area contributed by atoms with E-state index in [2.05, 4.69) is 328 Å². The van der Waals surface area contributed by atoms with Crippen molar-refractivity contribution in [3.05, 3.63) is 398 Å². The summed E-state index contributed by atoms with van der Waals surface area (Å²) >= 11 is 0. The molecule has 0 amide bonds. The first-order valence-electron chi connectivity index (χ1n) is 36.2. The normalized spacial score (nSPS) is 11.1. The molecular weight excluding hydrogens is 1310 g/mol. The van der Waals surface area contributed by atoms with Crippen LogP contribution in [-0.4, -0.2) is 0 Å². The second-order valence-electron chi connectivity index (χ2n) is 27.4. The fraction of sp³-hybridized carbons (Fsp3) is 0. The van der Waals surface area contributed by atoms with Crippen molar-refractivity contribution in [3.8, 4) is 102 Å². The molecule has 0 aliphatic carbocycles. The Bertz CT molecular complexity index is 6880. The third-order valence-corrected chi connectivity index (χ3v) is 21.2. The van der Waals surface area contributed by atoms with E-state index in [-0.39, 0.29) is 0 Å². The van der Waals surface area contributed by atoms with Gasteiger partial charge in [-0.3, -0.25) is 0 Å². The minimum Gasteiger partial charge on any atom is -0.192 e. The number of hydrogen-bond donors (Lipinski definition) is 0. The second kappa shape index (κ2) is 28.0. The summed E-state index contributed by atoms with van der Waals surface area (Å²) in [4.78, 5) is 0. The van der Waals surface area contributed by atoms with E-state index in [4.69, 9.17) is 5.26 Å². The second-order valence-corrected chi connectivity index (χ2v) is 27.4. The van der Waals surface area contributed by atoms with E-state index in [1.807, 2.05) is 72.8 Å². The zero-order valence-electron chi connectivity index (χ0n) is 58.6. The van der Waals surface area contributed by atoms with Crippen LogP contribution >= 0.6 is 0 Å². The molecule has 0 aliphatic heterocycles. The Kier molecular flexibility index (Phi) is 16.8. The monoisotopic (exact) mass is 1370 g/mol. The molecule has 0 spiro atoms. The molecule has 20 aromatic carbocycles. The molecule has 20 aromatic rings. The van der Waals surface area contributed by atoms with Crippen molar-refractivity contribution in [1.82, 2.24) is 0 Å². The molecule has 0 atom stereocenters. The first-order valence-corrected chi connectivity index (χ1v) is 36.2. The smallest absolute Gasteiger partial charge is 0.0991 e. The van der Waals surface area contributed by atoms with Crippen LogP contribution in [0.15, 0.2) is 376 Å². The molecule has 4 nitrogen and oxygen atoms in total. The van der Waals surface area contributed by atoms with Gasteiger partial charge < -0.3 is 0 Å². The Labute approximate surface area is 625 Å². The van der Waals surface area contributed by atoms with E-state index in [9.17, 15) is 15.8 Å². The van der Waals surface area contributed by atoms with Gasteiger partial charge >= 0.3 is 0 Å².